The molecule has 0 spiro atoms. The van der Waals surface area contributed by atoms with Crippen LogP contribution < -0.4 is 15.4 Å². The minimum absolute atomic E-state index is 0.00754. The fourth-order valence-corrected chi connectivity index (χ4v) is 5.01. The Hall–Kier alpha value is -3.94. The Kier molecular flexibility index (Phi) is 7.68. The van der Waals surface area contributed by atoms with E-state index in [2.05, 4.69) is 20.3 Å². The van der Waals surface area contributed by atoms with Crippen molar-refractivity contribution in [1.29, 1.82) is 0 Å². The van der Waals surface area contributed by atoms with Gasteiger partial charge in [-0.25, -0.2) is 17.8 Å². The number of sulfonamides is 1. The van der Waals surface area contributed by atoms with Gasteiger partial charge < -0.3 is 15.5 Å². The second-order valence-electron chi connectivity index (χ2n) is 9.34. The van der Waals surface area contributed by atoms with Gasteiger partial charge >= 0.3 is 6.18 Å². The predicted molar refractivity (Wildman–Crippen MR) is 137 cm³/mol. The summed E-state index contributed by atoms with van der Waals surface area (Å²) in [5.41, 5.74) is -0.863. The summed E-state index contributed by atoms with van der Waals surface area (Å²) < 4.78 is 79.8. The van der Waals surface area contributed by atoms with Crippen molar-refractivity contribution in [2.75, 3.05) is 29.4 Å². The number of benzene rings is 2. The van der Waals surface area contributed by atoms with E-state index in [4.69, 9.17) is 0 Å². The third-order valence-corrected chi connectivity index (χ3v) is 6.69. The number of alkyl halides is 3. The number of halogens is 4. The number of likely N-dealkylation sites (tertiary alicyclic amines) is 1. The second-order valence-corrected chi connectivity index (χ2v) is 11.1. The van der Waals surface area contributed by atoms with Crippen LogP contribution in [0.5, 0.6) is 0 Å². The lowest BCUT2D eigenvalue weighted by Crippen LogP contribution is -2.55. The molecule has 208 valence electrons. The first kappa shape index (κ1) is 28.1. The van der Waals surface area contributed by atoms with E-state index in [9.17, 15) is 35.6 Å². The normalized spacial score (nSPS) is 18.1. The van der Waals surface area contributed by atoms with E-state index < -0.39 is 45.7 Å². The Morgan fingerprint density at radius 3 is 2.44 bits per heavy atom. The van der Waals surface area contributed by atoms with Crippen molar-refractivity contribution in [3.63, 3.8) is 0 Å². The van der Waals surface area contributed by atoms with Crippen LogP contribution in [0.25, 0.3) is 10.9 Å². The number of carbonyl (C=O) groups excluding carboxylic acids is 2. The van der Waals surface area contributed by atoms with Crippen molar-refractivity contribution in [3.05, 3.63) is 65.6 Å². The van der Waals surface area contributed by atoms with Crippen molar-refractivity contribution in [3.8, 4) is 0 Å². The maximum atomic E-state index is 14.0. The maximum Gasteiger partial charge on any atom is 0.433 e. The molecule has 2 atom stereocenters. The summed E-state index contributed by atoms with van der Waals surface area (Å²) in [6.07, 6.45) is -3.53. The molecule has 1 aliphatic heterocycles. The minimum atomic E-state index is -4.74. The molecule has 1 aromatic heterocycles. The highest BCUT2D eigenvalue weighted by Crippen LogP contribution is 2.34. The van der Waals surface area contributed by atoms with Crippen molar-refractivity contribution in [2.24, 2.45) is 0 Å². The molecule has 39 heavy (non-hydrogen) atoms. The number of nitrogens with one attached hydrogen (secondary N) is 3. The van der Waals surface area contributed by atoms with E-state index in [0.717, 1.165) is 30.5 Å². The van der Waals surface area contributed by atoms with Gasteiger partial charge in [0.25, 0.3) is 5.91 Å². The lowest BCUT2D eigenvalue weighted by molar-refractivity contribution is -0.140. The molecule has 9 nitrogen and oxygen atoms in total. The molecule has 1 aliphatic rings. The molecule has 4 rings (SSSR count). The molecule has 0 bridgehead atoms. The lowest BCUT2D eigenvalue weighted by atomic mass is 9.99. The summed E-state index contributed by atoms with van der Waals surface area (Å²) in [5.74, 6) is -1.49. The summed E-state index contributed by atoms with van der Waals surface area (Å²) in [7, 11) is -3.56. The average molecular weight is 568 g/mol. The number of piperidine rings is 1. The third-order valence-electron chi connectivity index (χ3n) is 6.08. The molecule has 2 aromatic carbocycles. The molecular weight excluding hydrogens is 542 g/mol. The SMILES string of the molecule is CC(=O)N1C[C@@H](NC(=O)c2cccc(NS(C)(=O)=O)c2)C[C@@H](Nc2cc(C(F)(F)F)nc3ccc(F)cc23)C1. The molecule has 2 heterocycles. The van der Waals surface area contributed by atoms with Gasteiger partial charge in [-0.05, 0) is 48.9 Å². The van der Waals surface area contributed by atoms with Crippen LogP contribution in [0.1, 0.15) is 29.4 Å². The number of fused-ring (bicyclic) bond motifs is 1. The zero-order valence-corrected chi connectivity index (χ0v) is 21.7. The second kappa shape index (κ2) is 10.7. The van der Waals surface area contributed by atoms with E-state index in [0.29, 0.717) is 0 Å². The number of pyridine rings is 1. The Morgan fingerprint density at radius 1 is 1.05 bits per heavy atom. The molecular formula is C25H25F4N5O4S. The summed E-state index contributed by atoms with van der Waals surface area (Å²) >= 11 is 0. The van der Waals surface area contributed by atoms with E-state index >= 15 is 0 Å². The molecule has 0 aliphatic carbocycles. The van der Waals surface area contributed by atoms with Gasteiger partial charge in [0.05, 0.1) is 11.8 Å². The van der Waals surface area contributed by atoms with Crippen LogP contribution in [0.4, 0.5) is 28.9 Å². The first-order chi connectivity index (χ1) is 18.2. The van der Waals surface area contributed by atoms with Crippen LogP contribution in [0.15, 0.2) is 48.5 Å². The number of hydrogen-bond donors (Lipinski definition) is 3. The number of nitrogens with zero attached hydrogens (tertiary/aromatic N) is 2. The topological polar surface area (TPSA) is 121 Å². The van der Waals surface area contributed by atoms with Gasteiger partial charge in [-0.2, -0.15) is 13.2 Å². The number of anilines is 2. The van der Waals surface area contributed by atoms with Crippen LogP contribution in [0.3, 0.4) is 0 Å². The van der Waals surface area contributed by atoms with Gasteiger partial charge in [0.2, 0.25) is 15.9 Å². The van der Waals surface area contributed by atoms with Gasteiger partial charge in [-0.15, -0.1) is 0 Å². The van der Waals surface area contributed by atoms with Crippen molar-refractivity contribution >= 4 is 44.1 Å². The van der Waals surface area contributed by atoms with Crippen molar-refractivity contribution in [2.45, 2.75) is 31.6 Å². The molecule has 1 fully saturated rings. The quantitative estimate of drug-likeness (QED) is 0.392. The summed E-state index contributed by atoms with van der Waals surface area (Å²) in [5, 5.41) is 5.94. The molecule has 3 aromatic rings. The van der Waals surface area contributed by atoms with Crippen LogP contribution in [-0.4, -0.2) is 61.5 Å². The fourth-order valence-electron chi connectivity index (χ4n) is 4.45. The van der Waals surface area contributed by atoms with Crippen molar-refractivity contribution < 1.29 is 35.6 Å². The Morgan fingerprint density at radius 2 is 1.77 bits per heavy atom. The largest absolute Gasteiger partial charge is 0.433 e. The first-order valence-corrected chi connectivity index (χ1v) is 13.7. The zero-order valence-electron chi connectivity index (χ0n) is 20.8. The minimum Gasteiger partial charge on any atom is -0.380 e. The molecule has 2 amide bonds. The highest BCUT2D eigenvalue weighted by molar-refractivity contribution is 7.92. The number of rotatable bonds is 6. The van der Waals surface area contributed by atoms with Crippen LogP contribution in [-0.2, 0) is 21.0 Å². The molecule has 14 heteroatoms. The number of hydrogen-bond acceptors (Lipinski definition) is 6. The van der Waals surface area contributed by atoms with Gasteiger partial charge in [0, 0.05) is 54.4 Å². The maximum absolute atomic E-state index is 14.0. The van der Waals surface area contributed by atoms with E-state index in [1.807, 2.05) is 0 Å². The van der Waals surface area contributed by atoms with Gasteiger partial charge in [0.1, 0.15) is 11.5 Å². The highest BCUT2D eigenvalue weighted by atomic mass is 32.2. The highest BCUT2D eigenvalue weighted by Gasteiger charge is 2.35. The van der Waals surface area contributed by atoms with Crippen molar-refractivity contribution in [1.82, 2.24) is 15.2 Å². The molecule has 0 radical (unpaired) electrons. The monoisotopic (exact) mass is 567 g/mol. The van der Waals surface area contributed by atoms with Crippen LogP contribution in [0, 0.1) is 5.82 Å². The number of amides is 2. The smallest absolute Gasteiger partial charge is 0.380 e. The van der Waals surface area contributed by atoms with Gasteiger partial charge in [-0.3, -0.25) is 14.3 Å². The van der Waals surface area contributed by atoms with E-state index in [-0.39, 0.29) is 53.3 Å². The summed E-state index contributed by atoms with van der Waals surface area (Å²) in [6, 6.07) is 8.68. The molecule has 0 unspecified atom stereocenters. The summed E-state index contributed by atoms with van der Waals surface area (Å²) in [6.45, 7) is 1.62. The number of carbonyl (C=O) groups is 2. The third kappa shape index (κ3) is 7.13. The Bertz CT molecular complexity index is 1530. The predicted octanol–water partition coefficient (Wildman–Crippen LogP) is 3.60. The summed E-state index contributed by atoms with van der Waals surface area (Å²) in [4.78, 5) is 30.2. The Balaban J connectivity index is 1.59. The fraction of sp³-hybridized carbons (Fsp3) is 0.320. The lowest BCUT2D eigenvalue weighted by Gasteiger charge is -2.38. The van der Waals surface area contributed by atoms with Gasteiger partial charge in [-0.1, -0.05) is 6.07 Å². The average Bonchev–Trinajstić information content (AvgIpc) is 2.82. The zero-order chi connectivity index (χ0) is 28.5. The van der Waals surface area contributed by atoms with Gasteiger partial charge in [0.15, 0.2) is 0 Å². The first-order valence-electron chi connectivity index (χ1n) is 11.8. The molecule has 0 saturated carbocycles. The molecule has 3 N–H and O–H groups in total. The van der Waals surface area contributed by atoms with E-state index in [1.165, 1.54) is 36.1 Å². The number of aromatic nitrogens is 1. The Labute approximate surface area is 221 Å². The molecule has 1 saturated heterocycles. The standard InChI is InChI=1S/C25H25F4N5O4S/c1-14(35)34-12-18(30-22-11-23(25(27,28)29)32-21-7-6-16(26)9-20(21)22)10-19(13-34)31-24(36)15-4-3-5-17(8-15)33-39(2,37)38/h3-9,11,18-19,33H,10,12-13H2,1-2H3,(H,30,32)(H,31,36)/t18-,19+/m1/s1. The van der Waals surface area contributed by atoms with E-state index in [1.54, 1.807) is 0 Å². The van der Waals surface area contributed by atoms with Crippen LogP contribution in [0.2, 0.25) is 0 Å². The van der Waals surface area contributed by atoms with Crippen LogP contribution >= 0.6 is 0 Å².